The van der Waals surface area contributed by atoms with Crippen LogP contribution < -0.4 is 0 Å². The van der Waals surface area contributed by atoms with E-state index in [4.69, 9.17) is 5.11 Å². The number of nitrogens with zero attached hydrogens (tertiary/aromatic N) is 1. The Labute approximate surface area is 119 Å². The molecule has 1 saturated heterocycles. The first kappa shape index (κ1) is 15.3. The largest absolute Gasteiger partial charge is 0.481 e. The van der Waals surface area contributed by atoms with Crippen molar-refractivity contribution < 1.29 is 27.9 Å². The minimum absolute atomic E-state index is 0.00257. The van der Waals surface area contributed by atoms with Gasteiger partial charge in [0.1, 0.15) is 0 Å². The van der Waals surface area contributed by atoms with E-state index in [-0.39, 0.29) is 25.1 Å². The third-order valence-corrected chi connectivity index (χ3v) is 3.71. The summed E-state index contributed by atoms with van der Waals surface area (Å²) < 4.78 is 37.9. The summed E-state index contributed by atoms with van der Waals surface area (Å²) in [7, 11) is 0. The molecular weight excluding hydrogens is 287 g/mol. The molecule has 1 amide bonds. The summed E-state index contributed by atoms with van der Waals surface area (Å²) >= 11 is 0. The third kappa shape index (κ3) is 3.01. The van der Waals surface area contributed by atoms with E-state index in [1.807, 2.05) is 0 Å². The number of carbonyl (C=O) groups excluding carboxylic acids is 1. The van der Waals surface area contributed by atoms with Gasteiger partial charge in [-0.1, -0.05) is 6.07 Å². The second-order valence-corrected chi connectivity index (χ2v) is 5.42. The zero-order chi connectivity index (χ0) is 15.8. The van der Waals surface area contributed by atoms with Crippen LogP contribution >= 0.6 is 0 Å². The van der Waals surface area contributed by atoms with Gasteiger partial charge in [0.25, 0.3) is 5.91 Å². The van der Waals surface area contributed by atoms with E-state index in [2.05, 4.69) is 0 Å². The van der Waals surface area contributed by atoms with Crippen LogP contribution in [0.15, 0.2) is 24.3 Å². The first-order valence-corrected chi connectivity index (χ1v) is 6.33. The summed E-state index contributed by atoms with van der Waals surface area (Å²) in [4.78, 5) is 24.6. The van der Waals surface area contributed by atoms with Gasteiger partial charge in [-0.05, 0) is 31.5 Å². The van der Waals surface area contributed by atoms with E-state index in [0.717, 1.165) is 12.1 Å². The van der Waals surface area contributed by atoms with Crippen molar-refractivity contribution in [3.63, 3.8) is 0 Å². The lowest BCUT2D eigenvalue weighted by atomic mass is 9.90. The molecule has 0 radical (unpaired) electrons. The number of rotatable bonds is 2. The first-order valence-electron chi connectivity index (χ1n) is 6.33. The maximum absolute atomic E-state index is 12.6. The van der Waals surface area contributed by atoms with E-state index >= 15 is 0 Å². The van der Waals surface area contributed by atoms with Crippen LogP contribution in [-0.4, -0.2) is 35.0 Å². The van der Waals surface area contributed by atoms with Crippen molar-refractivity contribution in [1.29, 1.82) is 0 Å². The quantitative estimate of drug-likeness (QED) is 0.913. The number of hydrogen-bond acceptors (Lipinski definition) is 2. The molecule has 21 heavy (non-hydrogen) atoms. The molecule has 1 aliphatic heterocycles. The average Bonchev–Trinajstić information content (AvgIpc) is 2.81. The molecule has 0 aromatic heterocycles. The molecule has 1 atom stereocenters. The number of amides is 1. The smallest absolute Gasteiger partial charge is 0.416 e. The number of alkyl halides is 3. The zero-order valence-electron chi connectivity index (χ0n) is 11.3. The fourth-order valence-electron chi connectivity index (χ4n) is 2.32. The highest BCUT2D eigenvalue weighted by Gasteiger charge is 2.42. The van der Waals surface area contributed by atoms with E-state index in [1.54, 1.807) is 0 Å². The minimum atomic E-state index is -4.52. The second-order valence-electron chi connectivity index (χ2n) is 5.42. The molecule has 114 valence electrons. The van der Waals surface area contributed by atoms with Crippen LogP contribution in [0.25, 0.3) is 0 Å². The SMILES string of the molecule is CC1(C(=O)O)CCN(C(=O)c2cccc(C(F)(F)F)c2)C1. The Balaban J connectivity index is 2.21. The van der Waals surface area contributed by atoms with Gasteiger partial charge in [-0.15, -0.1) is 0 Å². The summed E-state index contributed by atoms with van der Waals surface area (Å²) in [6.45, 7) is 1.74. The molecule has 1 aromatic carbocycles. The second kappa shape index (κ2) is 5.05. The van der Waals surface area contributed by atoms with Crippen LogP contribution in [0.5, 0.6) is 0 Å². The van der Waals surface area contributed by atoms with E-state index in [1.165, 1.54) is 24.0 Å². The Bertz CT molecular complexity index is 585. The molecule has 0 bridgehead atoms. The molecular formula is C14H14F3NO3. The highest BCUT2D eigenvalue weighted by atomic mass is 19.4. The number of carboxylic acid groups (broad SMARTS) is 1. The number of hydrogen-bond donors (Lipinski definition) is 1. The maximum atomic E-state index is 12.6. The van der Waals surface area contributed by atoms with Gasteiger partial charge in [0.05, 0.1) is 11.0 Å². The van der Waals surface area contributed by atoms with Crippen LogP contribution in [0, 0.1) is 5.41 Å². The average molecular weight is 301 g/mol. The number of aliphatic carboxylic acids is 1. The summed E-state index contributed by atoms with van der Waals surface area (Å²) in [5, 5.41) is 9.11. The maximum Gasteiger partial charge on any atom is 0.416 e. The van der Waals surface area contributed by atoms with Crippen molar-refractivity contribution in [2.75, 3.05) is 13.1 Å². The summed E-state index contributed by atoms with van der Waals surface area (Å²) in [5.74, 6) is -1.59. The van der Waals surface area contributed by atoms with Gasteiger partial charge in [0.15, 0.2) is 0 Å². The lowest BCUT2D eigenvalue weighted by Crippen LogP contribution is -2.34. The fourth-order valence-corrected chi connectivity index (χ4v) is 2.32. The van der Waals surface area contributed by atoms with Crippen molar-refractivity contribution in [2.24, 2.45) is 5.41 Å². The number of carboxylic acids is 1. The molecule has 1 fully saturated rings. The van der Waals surface area contributed by atoms with Crippen molar-refractivity contribution >= 4 is 11.9 Å². The number of benzene rings is 1. The monoisotopic (exact) mass is 301 g/mol. The predicted octanol–water partition coefficient (Wildman–Crippen LogP) is 2.64. The Kier molecular flexibility index (Phi) is 3.69. The van der Waals surface area contributed by atoms with Crippen LogP contribution in [0.4, 0.5) is 13.2 Å². The molecule has 0 spiro atoms. The van der Waals surface area contributed by atoms with Crippen molar-refractivity contribution in [1.82, 2.24) is 4.90 Å². The predicted molar refractivity (Wildman–Crippen MR) is 67.7 cm³/mol. The summed E-state index contributed by atoms with van der Waals surface area (Å²) in [6, 6.07) is 4.15. The Hall–Kier alpha value is -2.05. The molecule has 7 heteroatoms. The van der Waals surface area contributed by atoms with Crippen molar-refractivity contribution in [3.05, 3.63) is 35.4 Å². The Morgan fingerprint density at radius 1 is 1.33 bits per heavy atom. The number of carbonyl (C=O) groups is 2. The van der Waals surface area contributed by atoms with Crippen LogP contribution in [0.3, 0.4) is 0 Å². The zero-order valence-corrected chi connectivity index (χ0v) is 11.3. The highest BCUT2D eigenvalue weighted by Crippen LogP contribution is 2.32. The normalized spacial score (nSPS) is 22.4. The molecule has 1 heterocycles. The van der Waals surface area contributed by atoms with Gasteiger partial charge >= 0.3 is 12.1 Å². The van der Waals surface area contributed by atoms with E-state index < -0.39 is 29.0 Å². The standard InChI is InChI=1S/C14H14F3NO3/c1-13(12(20)21)5-6-18(8-13)11(19)9-3-2-4-10(7-9)14(15,16)17/h2-4,7H,5-6,8H2,1H3,(H,20,21). The lowest BCUT2D eigenvalue weighted by molar-refractivity contribution is -0.147. The van der Waals surface area contributed by atoms with E-state index in [0.29, 0.717) is 0 Å². The van der Waals surface area contributed by atoms with Gasteiger partial charge in [0.2, 0.25) is 0 Å². The molecule has 1 N–H and O–H groups in total. The first-order chi connectivity index (χ1) is 9.63. The van der Waals surface area contributed by atoms with Crippen molar-refractivity contribution in [3.8, 4) is 0 Å². The summed E-state index contributed by atoms with van der Waals surface area (Å²) in [5.41, 5.74) is -2.02. The van der Waals surface area contributed by atoms with E-state index in [9.17, 15) is 22.8 Å². The topological polar surface area (TPSA) is 57.6 Å². The minimum Gasteiger partial charge on any atom is -0.481 e. The Morgan fingerprint density at radius 3 is 2.52 bits per heavy atom. The van der Waals surface area contributed by atoms with Crippen LogP contribution in [-0.2, 0) is 11.0 Å². The highest BCUT2D eigenvalue weighted by molar-refractivity contribution is 5.95. The molecule has 2 rings (SSSR count). The van der Waals surface area contributed by atoms with Crippen molar-refractivity contribution in [2.45, 2.75) is 19.5 Å². The van der Waals surface area contributed by atoms with Gasteiger partial charge in [-0.3, -0.25) is 9.59 Å². The lowest BCUT2D eigenvalue weighted by Gasteiger charge is -2.20. The third-order valence-electron chi connectivity index (χ3n) is 3.71. The molecule has 1 aromatic rings. The molecule has 0 saturated carbocycles. The van der Waals surface area contributed by atoms with Gasteiger partial charge in [-0.2, -0.15) is 13.2 Å². The van der Waals surface area contributed by atoms with Crippen LogP contribution in [0.2, 0.25) is 0 Å². The summed E-state index contributed by atoms with van der Waals surface area (Å²) in [6.07, 6.45) is -4.23. The number of halogens is 3. The molecule has 4 nitrogen and oxygen atoms in total. The molecule has 0 aliphatic carbocycles. The van der Waals surface area contributed by atoms with Gasteiger partial charge in [-0.25, -0.2) is 0 Å². The number of likely N-dealkylation sites (tertiary alicyclic amines) is 1. The molecule has 1 aliphatic rings. The van der Waals surface area contributed by atoms with Gasteiger partial charge < -0.3 is 10.0 Å². The Morgan fingerprint density at radius 2 is 2.00 bits per heavy atom. The molecule has 1 unspecified atom stereocenters. The fraction of sp³-hybridized carbons (Fsp3) is 0.429. The van der Waals surface area contributed by atoms with Gasteiger partial charge in [0, 0.05) is 18.7 Å². The van der Waals surface area contributed by atoms with Crippen LogP contribution in [0.1, 0.15) is 29.3 Å².